The maximum Gasteiger partial charge on any atom is 0.417 e. The predicted molar refractivity (Wildman–Crippen MR) is 97.7 cm³/mol. The molecule has 29 heavy (non-hydrogen) atoms. The van der Waals surface area contributed by atoms with Crippen molar-refractivity contribution in [2.75, 3.05) is 0 Å². The Bertz CT molecular complexity index is 967. The lowest BCUT2D eigenvalue weighted by atomic mass is 9.96. The number of hydrogen-bond donors (Lipinski definition) is 1. The summed E-state index contributed by atoms with van der Waals surface area (Å²) in [5.74, 6) is -4.11. The van der Waals surface area contributed by atoms with Crippen molar-refractivity contribution < 1.29 is 36.2 Å². The minimum atomic E-state index is -5.01. The van der Waals surface area contributed by atoms with Crippen LogP contribution in [0.2, 0.25) is 15.1 Å². The van der Waals surface area contributed by atoms with Crippen LogP contribution in [-0.2, 0) is 6.18 Å². The van der Waals surface area contributed by atoms with Gasteiger partial charge in [-0.3, -0.25) is 0 Å². The SMILES string of the molecule is O=C(O)c1ccc(C=CC(c2cc(Cl)c(Cl)cc2Cl)C(F)(F)F)cc1C(F)(F)F. The fourth-order valence-electron chi connectivity index (χ4n) is 2.46. The molecule has 1 atom stereocenters. The van der Waals surface area contributed by atoms with Crippen LogP contribution < -0.4 is 0 Å². The maximum atomic E-state index is 13.5. The molecule has 0 bridgehead atoms. The summed E-state index contributed by atoms with van der Waals surface area (Å²) in [7, 11) is 0. The Morgan fingerprint density at radius 3 is 2.03 bits per heavy atom. The highest BCUT2D eigenvalue weighted by molar-refractivity contribution is 6.43. The molecule has 2 aromatic carbocycles. The first-order valence-electron chi connectivity index (χ1n) is 7.55. The van der Waals surface area contributed by atoms with Crippen LogP contribution in [0.4, 0.5) is 26.3 Å². The molecule has 0 saturated carbocycles. The number of hydrogen-bond acceptors (Lipinski definition) is 1. The molecule has 0 saturated heterocycles. The molecule has 0 aliphatic carbocycles. The van der Waals surface area contributed by atoms with Gasteiger partial charge >= 0.3 is 18.3 Å². The van der Waals surface area contributed by atoms with Crippen LogP contribution in [0, 0.1) is 0 Å². The summed E-state index contributed by atoms with van der Waals surface area (Å²) in [6.07, 6.45) is -8.46. The Balaban J connectivity index is 2.53. The summed E-state index contributed by atoms with van der Waals surface area (Å²) in [6, 6.07) is 4.02. The summed E-state index contributed by atoms with van der Waals surface area (Å²) >= 11 is 17.3. The van der Waals surface area contributed by atoms with Crippen molar-refractivity contribution in [2.24, 2.45) is 0 Å². The highest BCUT2D eigenvalue weighted by Crippen LogP contribution is 2.42. The standard InChI is InChI=1S/C18H9Cl3F6O2/c19-13-7-15(21)14(20)6-10(13)11(17(22,23)24)4-2-8-1-3-9(16(28)29)12(5-8)18(25,26)27/h1-7,11H,(H,28,29). The highest BCUT2D eigenvalue weighted by atomic mass is 35.5. The van der Waals surface area contributed by atoms with E-state index in [9.17, 15) is 31.1 Å². The van der Waals surface area contributed by atoms with Crippen LogP contribution in [0.5, 0.6) is 0 Å². The first-order valence-corrected chi connectivity index (χ1v) is 8.69. The van der Waals surface area contributed by atoms with Crippen molar-refractivity contribution in [3.8, 4) is 0 Å². The normalized spacial score (nSPS) is 13.7. The topological polar surface area (TPSA) is 37.3 Å². The Kier molecular flexibility index (Phi) is 6.82. The molecule has 0 amide bonds. The van der Waals surface area contributed by atoms with E-state index in [2.05, 4.69) is 0 Å². The molecule has 0 aromatic heterocycles. The molecular weight excluding hydrogens is 469 g/mol. The number of carboxylic acids is 1. The Labute approximate surface area is 175 Å². The van der Waals surface area contributed by atoms with Crippen molar-refractivity contribution in [1.29, 1.82) is 0 Å². The van der Waals surface area contributed by atoms with E-state index in [4.69, 9.17) is 39.9 Å². The molecule has 0 heterocycles. The Morgan fingerprint density at radius 1 is 0.931 bits per heavy atom. The molecule has 2 aromatic rings. The van der Waals surface area contributed by atoms with Crippen LogP contribution >= 0.6 is 34.8 Å². The van der Waals surface area contributed by atoms with Crippen molar-refractivity contribution in [2.45, 2.75) is 18.3 Å². The zero-order valence-electron chi connectivity index (χ0n) is 13.9. The van der Waals surface area contributed by atoms with Gasteiger partial charge in [0, 0.05) is 5.02 Å². The fraction of sp³-hybridized carbons (Fsp3) is 0.167. The second kappa shape index (κ2) is 8.45. The minimum Gasteiger partial charge on any atom is -0.478 e. The smallest absolute Gasteiger partial charge is 0.417 e. The van der Waals surface area contributed by atoms with Crippen LogP contribution in [-0.4, -0.2) is 17.3 Å². The average Bonchev–Trinajstić information content (AvgIpc) is 2.57. The van der Waals surface area contributed by atoms with E-state index < -0.39 is 40.9 Å². The molecule has 0 spiro atoms. The third-order valence-electron chi connectivity index (χ3n) is 3.79. The molecule has 156 valence electrons. The number of carboxylic acid groups (broad SMARTS) is 1. The fourth-order valence-corrected chi connectivity index (χ4v) is 3.13. The van der Waals surface area contributed by atoms with Crippen molar-refractivity contribution in [3.05, 3.63) is 73.7 Å². The van der Waals surface area contributed by atoms with Gasteiger partial charge in [-0.15, -0.1) is 0 Å². The van der Waals surface area contributed by atoms with E-state index in [0.29, 0.717) is 18.2 Å². The van der Waals surface area contributed by atoms with E-state index >= 15 is 0 Å². The van der Waals surface area contributed by atoms with Gasteiger partial charge in [-0.25, -0.2) is 4.79 Å². The van der Waals surface area contributed by atoms with Crippen molar-refractivity contribution in [1.82, 2.24) is 0 Å². The average molecular weight is 478 g/mol. The summed E-state index contributed by atoms with van der Waals surface area (Å²) < 4.78 is 79.7. The number of alkyl halides is 6. The van der Waals surface area contributed by atoms with Gasteiger partial charge in [-0.1, -0.05) is 53.0 Å². The van der Waals surface area contributed by atoms with Gasteiger partial charge in [-0.2, -0.15) is 26.3 Å². The summed E-state index contributed by atoms with van der Waals surface area (Å²) in [6.45, 7) is 0. The third-order valence-corrected chi connectivity index (χ3v) is 4.84. The summed E-state index contributed by atoms with van der Waals surface area (Å²) in [5.41, 5.74) is -3.23. The van der Waals surface area contributed by atoms with E-state index in [1.54, 1.807) is 0 Å². The highest BCUT2D eigenvalue weighted by Gasteiger charge is 2.40. The molecule has 2 rings (SSSR count). The second-order valence-electron chi connectivity index (χ2n) is 5.77. The lowest BCUT2D eigenvalue weighted by Crippen LogP contribution is -2.19. The second-order valence-corrected chi connectivity index (χ2v) is 7.00. The lowest BCUT2D eigenvalue weighted by Gasteiger charge is -2.19. The van der Waals surface area contributed by atoms with Gasteiger partial charge in [0.1, 0.15) is 0 Å². The molecule has 1 N–H and O–H groups in total. The van der Waals surface area contributed by atoms with Crippen LogP contribution in [0.25, 0.3) is 6.08 Å². The van der Waals surface area contributed by atoms with E-state index in [1.165, 1.54) is 0 Å². The molecule has 0 radical (unpaired) electrons. The van der Waals surface area contributed by atoms with Gasteiger partial charge in [0.25, 0.3) is 0 Å². The quantitative estimate of drug-likeness (QED) is 0.361. The predicted octanol–water partition coefficient (Wildman–Crippen LogP) is 7.72. The number of rotatable bonds is 4. The van der Waals surface area contributed by atoms with E-state index in [1.807, 2.05) is 0 Å². The zero-order valence-corrected chi connectivity index (χ0v) is 16.1. The molecule has 0 aliphatic rings. The number of allylic oxidation sites excluding steroid dienone is 1. The third kappa shape index (κ3) is 5.58. The number of carbonyl (C=O) groups is 1. The lowest BCUT2D eigenvalue weighted by molar-refractivity contribution is -0.139. The van der Waals surface area contributed by atoms with Crippen molar-refractivity contribution in [3.63, 3.8) is 0 Å². The largest absolute Gasteiger partial charge is 0.478 e. The molecular formula is C18H9Cl3F6O2. The molecule has 11 heteroatoms. The van der Waals surface area contributed by atoms with Crippen LogP contribution in [0.15, 0.2) is 36.4 Å². The summed E-state index contributed by atoms with van der Waals surface area (Å²) in [4.78, 5) is 11.0. The molecule has 2 nitrogen and oxygen atoms in total. The van der Waals surface area contributed by atoms with Gasteiger partial charge in [0.05, 0.1) is 27.1 Å². The Hall–Kier alpha value is -1.90. The van der Waals surface area contributed by atoms with E-state index in [0.717, 1.165) is 24.3 Å². The number of benzene rings is 2. The van der Waals surface area contributed by atoms with Crippen LogP contribution in [0.3, 0.4) is 0 Å². The van der Waals surface area contributed by atoms with Crippen LogP contribution in [0.1, 0.15) is 33.0 Å². The van der Waals surface area contributed by atoms with E-state index in [-0.39, 0.29) is 20.6 Å². The molecule has 1 unspecified atom stereocenters. The van der Waals surface area contributed by atoms with Gasteiger partial charge < -0.3 is 5.11 Å². The van der Waals surface area contributed by atoms with Gasteiger partial charge in [0.2, 0.25) is 0 Å². The minimum absolute atomic E-state index is 0.0654. The summed E-state index contributed by atoms with van der Waals surface area (Å²) in [5, 5.41) is 8.29. The molecule has 0 aliphatic heterocycles. The first kappa shape index (κ1) is 23.4. The monoisotopic (exact) mass is 476 g/mol. The zero-order chi connectivity index (χ0) is 22.1. The van der Waals surface area contributed by atoms with Crippen molar-refractivity contribution >= 4 is 46.8 Å². The first-order chi connectivity index (χ1) is 13.2. The Morgan fingerprint density at radius 2 is 1.52 bits per heavy atom. The maximum absolute atomic E-state index is 13.5. The van der Waals surface area contributed by atoms with Gasteiger partial charge in [-0.05, 0) is 35.4 Å². The van der Waals surface area contributed by atoms with Gasteiger partial charge in [0.15, 0.2) is 0 Å². The molecule has 0 fully saturated rings. The number of aromatic carboxylic acids is 1. The number of halogens is 9.